The predicted octanol–water partition coefficient (Wildman–Crippen LogP) is 3.94. The minimum Gasteiger partial charge on any atom is -0.349 e. The molecule has 1 aliphatic rings. The van der Waals surface area contributed by atoms with E-state index in [4.69, 9.17) is 12.2 Å². The Hall–Kier alpha value is -2.25. The Kier molecular flexibility index (Phi) is 6.35. The highest BCUT2D eigenvalue weighted by molar-refractivity contribution is 7.80. The van der Waals surface area contributed by atoms with Crippen LogP contribution in [-0.2, 0) is 0 Å². The van der Waals surface area contributed by atoms with Crippen molar-refractivity contribution < 1.29 is 9.59 Å². The molecular formula is C19H21N3O2S2. The SMILES string of the molecule is O=C(NC(=S)Nc1ccccc1C(=O)NC1CCCCC1)c1cccs1. The second-order valence-corrected chi connectivity index (χ2v) is 7.60. The normalized spacial score (nSPS) is 14.5. The number of thiocarbonyl (C=S) groups is 1. The van der Waals surface area contributed by atoms with Crippen LogP contribution in [0.2, 0.25) is 0 Å². The molecule has 1 aromatic carbocycles. The van der Waals surface area contributed by atoms with E-state index >= 15 is 0 Å². The number of benzene rings is 1. The maximum absolute atomic E-state index is 12.6. The highest BCUT2D eigenvalue weighted by Gasteiger charge is 2.19. The second kappa shape index (κ2) is 8.91. The number of carbonyl (C=O) groups is 2. The molecule has 136 valence electrons. The predicted molar refractivity (Wildman–Crippen MR) is 109 cm³/mol. The lowest BCUT2D eigenvalue weighted by Crippen LogP contribution is -2.37. The summed E-state index contributed by atoms with van der Waals surface area (Å²) in [6, 6.07) is 10.9. The van der Waals surface area contributed by atoms with Gasteiger partial charge in [0, 0.05) is 6.04 Å². The molecule has 0 bridgehead atoms. The van der Waals surface area contributed by atoms with Gasteiger partial charge in [0.2, 0.25) is 0 Å². The molecule has 0 radical (unpaired) electrons. The first kappa shape index (κ1) is 18.5. The summed E-state index contributed by atoms with van der Waals surface area (Å²) in [7, 11) is 0. The van der Waals surface area contributed by atoms with Gasteiger partial charge in [0.25, 0.3) is 11.8 Å². The summed E-state index contributed by atoms with van der Waals surface area (Å²) in [6.07, 6.45) is 5.60. The largest absolute Gasteiger partial charge is 0.349 e. The molecule has 2 amide bonds. The van der Waals surface area contributed by atoms with Crippen molar-refractivity contribution >= 4 is 46.2 Å². The van der Waals surface area contributed by atoms with Gasteiger partial charge >= 0.3 is 0 Å². The molecule has 7 heteroatoms. The van der Waals surface area contributed by atoms with Crippen LogP contribution >= 0.6 is 23.6 Å². The van der Waals surface area contributed by atoms with Gasteiger partial charge in [0.05, 0.1) is 16.1 Å². The molecule has 1 aliphatic carbocycles. The number of hydrogen-bond acceptors (Lipinski definition) is 4. The van der Waals surface area contributed by atoms with Crippen molar-refractivity contribution in [2.24, 2.45) is 0 Å². The summed E-state index contributed by atoms with van der Waals surface area (Å²) < 4.78 is 0. The smallest absolute Gasteiger partial charge is 0.267 e. The Morgan fingerprint density at radius 2 is 1.77 bits per heavy atom. The fourth-order valence-corrected chi connectivity index (χ4v) is 3.85. The van der Waals surface area contributed by atoms with Crippen molar-refractivity contribution in [1.29, 1.82) is 0 Å². The third-order valence-electron chi connectivity index (χ3n) is 4.33. The van der Waals surface area contributed by atoms with Crippen LogP contribution in [0.15, 0.2) is 41.8 Å². The van der Waals surface area contributed by atoms with E-state index in [1.54, 1.807) is 24.3 Å². The standard InChI is InChI=1S/C19H21N3O2S2/c23-17(20-13-7-2-1-3-8-13)14-9-4-5-10-15(14)21-19(25)22-18(24)16-11-6-12-26-16/h4-6,9-13H,1-3,7-8H2,(H,20,23)(H2,21,22,24,25). The topological polar surface area (TPSA) is 70.2 Å². The first-order valence-electron chi connectivity index (χ1n) is 8.69. The van der Waals surface area contributed by atoms with Crippen LogP contribution in [0, 0.1) is 0 Å². The lowest BCUT2D eigenvalue weighted by Gasteiger charge is -2.23. The van der Waals surface area contributed by atoms with Crippen molar-refractivity contribution in [2.75, 3.05) is 5.32 Å². The Bertz CT molecular complexity index is 784. The zero-order valence-electron chi connectivity index (χ0n) is 14.3. The molecular weight excluding hydrogens is 366 g/mol. The summed E-state index contributed by atoms with van der Waals surface area (Å²) in [5.74, 6) is -0.381. The Balaban J connectivity index is 1.63. The van der Waals surface area contributed by atoms with Crippen molar-refractivity contribution in [3.05, 3.63) is 52.2 Å². The number of para-hydroxylation sites is 1. The van der Waals surface area contributed by atoms with Crippen LogP contribution < -0.4 is 16.0 Å². The molecule has 1 saturated carbocycles. The molecule has 0 saturated heterocycles. The maximum Gasteiger partial charge on any atom is 0.267 e. The quantitative estimate of drug-likeness (QED) is 0.695. The monoisotopic (exact) mass is 387 g/mol. The summed E-state index contributed by atoms with van der Waals surface area (Å²) in [5, 5.41) is 10.7. The van der Waals surface area contributed by atoms with Gasteiger partial charge in [0.1, 0.15) is 0 Å². The van der Waals surface area contributed by atoms with Gasteiger partial charge < -0.3 is 10.6 Å². The third-order valence-corrected chi connectivity index (χ3v) is 5.41. The fourth-order valence-electron chi connectivity index (χ4n) is 3.03. The molecule has 3 N–H and O–H groups in total. The van der Waals surface area contributed by atoms with Crippen molar-refractivity contribution in [1.82, 2.24) is 10.6 Å². The van der Waals surface area contributed by atoms with E-state index in [0.29, 0.717) is 16.1 Å². The van der Waals surface area contributed by atoms with E-state index in [9.17, 15) is 9.59 Å². The number of rotatable bonds is 4. The maximum atomic E-state index is 12.6. The number of carbonyl (C=O) groups excluding carboxylic acids is 2. The number of nitrogens with one attached hydrogen (secondary N) is 3. The van der Waals surface area contributed by atoms with Gasteiger partial charge in [-0.15, -0.1) is 11.3 Å². The van der Waals surface area contributed by atoms with Gasteiger partial charge in [-0.25, -0.2) is 0 Å². The van der Waals surface area contributed by atoms with Crippen molar-refractivity contribution in [3.8, 4) is 0 Å². The molecule has 0 spiro atoms. The average Bonchev–Trinajstić information content (AvgIpc) is 3.17. The van der Waals surface area contributed by atoms with Crippen LogP contribution in [0.5, 0.6) is 0 Å². The van der Waals surface area contributed by atoms with E-state index in [-0.39, 0.29) is 23.0 Å². The fraction of sp³-hybridized carbons (Fsp3) is 0.316. The summed E-state index contributed by atoms with van der Waals surface area (Å²) in [6.45, 7) is 0. The number of anilines is 1. The third kappa shape index (κ3) is 4.89. The lowest BCUT2D eigenvalue weighted by atomic mass is 9.95. The van der Waals surface area contributed by atoms with E-state index in [1.807, 2.05) is 17.5 Å². The Morgan fingerprint density at radius 3 is 2.50 bits per heavy atom. The average molecular weight is 388 g/mol. The lowest BCUT2D eigenvalue weighted by molar-refractivity contribution is 0.0927. The van der Waals surface area contributed by atoms with E-state index in [1.165, 1.54) is 17.8 Å². The highest BCUT2D eigenvalue weighted by Crippen LogP contribution is 2.20. The minimum atomic E-state index is -0.262. The molecule has 1 fully saturated rings. The molecule has 0 atom stereocenters. The first-order valence-corrected chi connectivity index (χ1v) is 9.98. The van der Waals surface area contributed by atoms with Crippen molar-refractivity contribution in [3.63, 3.8) is 0 Å². The molecule has 1 aromatic heterocycles. The molecule has 2 aromatic rings. The zero-order chi connectivity index (χ0) is 18.4. The summed E-state index contributed by atoms with van der Waals surface area (Å²) in [5.41, 5.74) is 1.10. The van der Waals surface area contributed by atoms with E-state index in [0.717, 1.165) is 25.7 Å². The number of thiophene rings is 1. The first-order chi connectivity index (χ1) is 12.6. The highest BCUT2D eigenvalue weighted by atomic mass is 32.1. The number of amides is 2. The van der Waals surface area contributed by atoms with Crippen LogP contribution in [0.4, 0.5) is 5.69 Å². The molecule has 0 unspecified atom stereocenters. The Morgan fingerprint density at radius 1 is 1.00 bits per heavy atom. The van der Waals surface area contributed by atoms with Gasteiger partial charge in [-0.3, -0.25) is 14.9 Å². The molecule has 1 heterocycles. The van der Waals surface area contributed by atoms with Gasteiger partial charge in [-0.1, -0.05) is 37.5 Å². The number of hydrogen-bond donors (Lipinski definition) is 3. The van der Waals surface area contributed by atoms with E-state index in [2.05, 4.69) is 16.0 Å². The van der Waals surface area contributed by atoms with Gasteiger partial charge in [-0.2, -0.15) is 0 Å². The van der Waals surface area contributed by atoms with Crippen LogP contribution in [0.3, 0.4) is 0 Å². The molecule has 26 heavy (non-hydrogen) atoms. The molecule has 3 rings (SSSR count). The molecule has 5 nitrogen and oxygen atoms in total. The minimum absolute atomic E-state index is 0.118. The Labute approximate surface area is 162 Å². The van der Waals surface area contributed by atoms with E-state index < -0.39 is 0 Å². The van der Waals surface area contributed by atoms with Gasteiger partial charge in [0.15, 0.2) is 5.11 Å². The molecule has 0 aliphatic heterocycles. The van der Waals surface area contributed by atoms with Crippen LogP contribution in [0.1, 0.15) is 52.1 Å². The zero-order valence-corrected chi connectivity index (χ0v) is 15.9. The summed E-state index contributed by atoms with van der Waals surface area (Å²) in [4.78, 5) is 25.3. The summed E-state index contributed by atoms with van der Waals surface area (Å²) >= 11 is 6.57. The van der Waals surface area contributed by atoms with Crippen LogP contribution in [-0.4, -0.2) is 23.0 Å². The van der Waals surface area contributed by atoms with Gasteiger partial charge in [-0.05, 0) is 48.6 Å². The van der Waals surface area contributed by atoms with Crippen LogP contribution in [0.25, 0.3) is 0 Å². The van der Waals surface area contributed by atoms with Crippen molar-refractivity contribution in [2.45, 2.75) is 38.1 Å². The second-order valence-electron chi connectivity index (χ2n) is 6.24.